The standard InChI is InChI=1S/C15H22F10NO4S2/c1-3-5-6-9-26(4-2)10-7-8-11(26,31(27,28)14(22,23)12(16,17)18)32(29,30)15(24,25)13(19,20)21/h3-10H2,1-2H3/q+1. The van der Waals surface area contributed by atoms with Crippen LogP contribution in [0.25, 0.3) is 0 Å². The Kier molecular flexibility index (Phi) is 7.69. The summed E-state index contributed by atoms with van der Waals surface area (Å²) in [6, 6.07) is 0. The zero-order valence-electron chi connectivity index (χ0n) is 16.8. The van der Waals surface area contributed by atoms with Crippen LogP contribution in [0.2, 0.25) is 0 Å². The van der Waals surface area contributed by atoms with Gasteiger partial charge in [-0.25, -0.2) is 16.8 Å². The van der Waals surface area contributed by atoms with Crippen LogP contribution in [-0.2, 0) is 19.7 Å². The van der Waals surface area contributed by atoms with Crippen molar-refractivity contribution in [3.63, 3.8) is 0 Å². The normalized spacial score (nSPS) is 23.5. The highest BCUT2D eigenvalue weighted by molar-refractivity contribution is 8.11. The molecular weight excluding hydrogens is 512 g/mol. The van der Waals surface area contributed by atoms with Crippen LogP contribution in [0.5, 0.6) is 0 Å². The molecule has 0 N–H and O–H groups in total. The van der Waals surface area contributed by atoms with Crippen molar-refractivity contribution in [2.24, 2.45) is 0 Å². The van der Waals surface area contributed by atoms with Crippen molar-refractivity contribution >= 4 is 19.7 Å². The summed E-state index contributed by atoms with van der Waals surface area (Å²) < 4.78 is 179. The van der Waals surface area contributed by atoms with Gasteiger partial charge in [0.1, 0.15) is 0 Å². The summed E-state index contributed by atoms with van der Waals surface area (Å²) in [5.74, 6) is 0. The molecule has 0 amide bonds. The van der Waals surface area contributed by atoms with Crippen molar-refractivity contribution < 1.29 is 65.2 Å². The van der Waals surface area contributed by atoms with Gasteiger partial charge in [-0.3, -0.25) is 4.48 Å². The average molecular weight is 534 g/mol. The number of quaternary nitrogens is 1. The van der Waals surface area contributed by atoms with E-state index in [9.17, 15) is 60.7 Å². The predicted octanol–water partition coefficient (Wildman–Crippen LogP) is 4.60. The van der Waals surface area contributed by atoms with E-state index in [-0.39, 0.29) is 12.8 Å². The summed E-state index contributed by atoms with van der Waals surface area (Å²) in [6.45, 7) is -0.0135. The number of nitrogens with zero attached hydrogens (tertiary/aromatic N) is 1. The maximum atomic E-state index is 14.2. The van der Waals surface area contributed by atoms with E-state index in [0.29, 0.717) is 6.42 Å². The highest BCUT2D eigenvalue weighted by Crippen LogP contribution is 2.59. The Labute approximate surface area is 178 Å². The van der Waals surface area contributed by atoms with Crippen molar-refractivity contribution in [3.05, 3.63) is 0 Å². The molecule has 0 spiro atoms. The van der Waals surface area contributed by atoms with E-state index in [0.717, 1.165) is 6.92 Å². The monoisotopic (exact) mass is 534 g/mol. The van der Waals surface area contributed by atoms with Crippen LogP contribution in [0.3, 0.4) is 0 Å². The lowest BCUT2D eigenvalue weighted by atomic mass is 10.2. The van der Waals surface area contributed by atoms with Crippen LogP contribution in [0.15, 0.2) is 0 Å². The fourth-order valence-corrected chi connectivity index (χ4v) is 9.81. The van der Waals surface area contributed by atoms with Crippen LogP contribution < -0.4 is 0 Å². The zero-order valence-corrected chi connectivity index (χ0v) is 18.5. The van der Waals surface area contributed by atoms with Gasteiger partial charge in [-0.2, -0.15) is 43.9 Å². The maximum Gasteiger partial charge on any atom is 0.469 e. The first kappa shape index (κ1) is 29.2. The molecule has 1 rings (SSSR count). The van der Waals surface area contributed by atoms with E-state index >= 15 is 0 Å². The number of unbranched alkanes of at least 4 members (excludes halogenated alkanes) is 2. The first-order chi connectivity index (χ1) is 14.1. The van der Waals surface area contributed by atoms with Gasteiger partial charge in [0.05, 0.1) is 19.6 Å². The molecule has 0 aromatic heterocycles. The van der Waals surface area contributed by atoms with Crippen LogP contribution in [-0.4, -0.2) is 68.0 Å². The van der Waals surface area contributed by atoms with Crippen LogP contribution in [0.1, 0.15) is 46.0 Å². The number of hydrogen-bond donors (Lipinski definition) is 0. The second-order valence-electron chi connectivity index (χ2n) is 7.47. The van der Waals surface area contributed by atoms with E-state index in [1.54, 1.807) is 6.92 Å². The smallest absolute Gasteiger partial charge is 0.293 e. The lowest BCUT2D eigenvalue weighted by Gasteiger charge is -2.48. The number of hydrogen-bond acceptors (Lipinski definition) is 4. The molecule has 1 saturated heterocycles. The summed E-state index contributed by atoms with van der Waals surface area (Å²) in [7, 11) is -15.1. The van der Waals surface area contributed by atoms with Crippen LogP contribution in [0, 0.1) is 0 Å². The number of likely N-dealkylation sites (tertiary alicyclic amines) is 1. The number of halogens is 10. The van der Waals surface area contributed by atoms with Crippen molar-refractivity contribution in [1.82, 2.24) is 0 Å². The van der Waals surface area contributed by atoms with E-state index in [1.165, 1.54) is 0 Å². The van der Waals surface area contributed by atoms with Crippen molar-refractivity contribution in [3.8, 4) is 0 Å². The molecule has 1 aliphatic heterocycles. The second kappa shape index (κ2) is 8.43. The topological polar surface area (TPSA) is 68.3 Å². The Morgan fingerprint density at radius 3 is 1.47 bits per heavy atom. The Morgan fingerprint density at radius 1 is 0.750 bits per heavy atom. The van der Waals surface area contributed by atoms with Crippen LogP contribution in [0.4, 0.5) is 43.9 Å². The van der Waals surface area contributed by atoms with Gasteiger partial charge in [-0.1, -0.05) is 13.3 Å². The summed E-state index contributed by atoms with van der Waals surface area (Å²) in [6.07, 6.45) is -16.2. The third-order valence-corrected chi connectivity index (χ3v) is 11.8. The molecule has 1 unspecified atom stereocenters. The third-order valence-electron chi connectivity index (χ3n) is 5.77. The van der Waals surface area contributed by atoms with E-state index < -0.39 is 83.7 Å². The van der Waals surface area contributed by atoms with Gasteiger partial charge in [0.2, 0.25) is 0 Å². The average Bonchev–Trinajstić information content (AvgIpc) is 3.01. The first-order valence-corrected chi connectivity index (χ1v) is 12.3. The van der Waals surface area contributed by atoms with Gasteiger partial charge in [-0.15, -0.1) is 0 Å². The van der Waals surface area contributed by atoms with Gasteiger partial charge in [0.15, 0.2) is 0 Å². The molecule has 1 atom stereocenters. The van der Waals surface area contributed by atoms with Gasteiger partial charge < -0.3 is 0 Å². The summed E-state index contributed by atoms with van der Waals surface area (Å²) in [4.78, 5) is 0. The molecule has 17 heteroatoms. The minimum absolute atomic E-state index is 0.154. The quantitative estimate of drug-likeness (QED) is 0.246. The Hall–Kier alpha value is -0.840. The lowest BCUT2D eigenvalue weighted by Crippen LogP contribution is -2.75. The van der Waals surface area contributed by atoms with E-state index in [4.69, 9.17) is 0 Å². The van der Waals surface area contributed by atoms with Crippen molar-refractivity contribution in [2.75, 3.05) is 19.6 Å². The molecular formula is C15H22F10NO4S2+. The van der Waals surface area contributed by atoms with Gasteiger partial charge in [0.25, 0.3) is 19.7 Å². The number of sulfone groups is 2. The van der Waals surface area contributed by atoms with E-state index in [2.05, 4.69) is 0 Å². The van der Waals surface area contributed by atoms with Gasteiger partial charge in [-0.05, 0) is 19.8 Å². The van der Waals surface area contributed by atoms with Gasteiger partial charge in [0, 0.05) is 12.8 Å². The molecule has 1 fully saturated rings. The minimum atomic E-state index is -7.57. The molecule has 0 aliphatic carbocycles. The molecule has 0 aromatic rings. The fraction of sp³-hybridized carbons (Fsp3) is 1.00. The van der Waals surface area contributed by atoms with Gasteiger partial charge >= 0.3 is 27.1 Å². The minimum Gasteiger partial charge on any atom is -0.293 e. The Balaban J connectivity index is 4.18. The van der Waals surface area contributed by atoms with Crippen molar-refractivity contribution in [1.29, 1.82) is 0 Å². The molecule has 1 aliphatic rings. The van der Waals surface area contributed by atoms with Crippen LogP contribution >= 0.6 is 0 Å². The SMILES string of the molecule is CCCCC[N+]1(CC)CCCC1(S(=O)(=O)C(F)(F)C(F)(F)F)S(=O)(=O)C(F)(F)C(F)(F)F. The highest BCUT2D eigenvalue weighted by Gasteiger charge is 2.88. The molecule has 0 radical (unpaired) electrons. The largest absolute Gasteiger partial charge is 0.469 e. The Morgan fingerprint density at radius 2 is 1.16 bits per heavy atom. The highest BCUT2D eigenvalue weighted by atomic mass is 32.3. The molecule has 0 saturated carbocycles. The zero-order chi connectivity index (χ0) is 25.7. The number of rotatable bonds is 9. The van der Waals surface area contributed by atoms with Crippen molar-refractivity contribution in [2.45, 2.75) is 73.0 Å². The fourth-order valence-electron chi connectivity index (χ4n) is 4.14. The summed E-state index contributed by atoms with van der Waals surface area (Å²) in [5, 5.41) is -13.8. The van der Waals surface area contributed by atoms with E-state index in [1.807, 2.05) is 0 Å². The molecule has 0 aromatic carbocycles. The Bertz CT molecular complexity index is 840. The molecule has 1 heterocycles. The summed E-state index contributed by atoms with van der Waals surface area (Å²) in [5.41, 5.74) is 0. The summed E-state index contributed by atoms with van der Waals surface area (Å²) >= 11 is 0. The predicted molar refractivity (Wildman–Crippen MR) is 91.9 cm³/mol. The first-order valence-electron chi connectivity index (χ1n) is 9.31. The number of alkyl halides is 10. The maximum absolute atomic E-state index is 14.2. The molecule has 0 bridgehead atoms. The molecule has 192 valence electrons. The lowest BCUT2D eigenvalue weighted by molar-refractivity contribution is -0.935. The third kappa shape index (κ3) is 3.69. The molecule has 5 nitrogen and oxygen atoms in total. The second-order valence-corrected chi connectivity index (χ2v) is 12.1. The molecule has 32 heavy (non-hydrogen) atoms.